The van der Waals surface area contributed by atoms with Crippen LogP contribution < -0.4 is 11.1 Å². The molecular formula is C10H11N5. The number of nitrogens with one attached hydrogen (secondary N) is 1. The lowest BCUT2D eigenvalue weighted by atomic mass is 10.2. The van der Waals surface area contributed by atoms with E-state index in [2.05, 4.69) is 20.3 Å². The molecule has 0 atom stereocenters. The van der Waals surface area contributed by atoms with Crippen LogP contribution in [0.25, 0.3) is 0 Å². The molecule has 0 bridgehead atoms. The van der Waals surface area contributed by atoms with Crippen molar-refractivity contribution in [3.63, 3.8) is 0 Å². The third-order valence-corrected chi connectivity index (χ3v) is 1.97. The molecule has 0 aliphatic heterocycles. The fraction of sp³-hybridized carbons (Fsp3) is 0.100. The lowest BCUT2D eigenvalue weighted by Crippen LogP contribution is -1.98. The van der Waals surface area contributed by atoms with Gasteiger partial charge < -0.3 is 11.1 Å². The number of hydrogen-bond acceptors (Lipinski definition) is 5. The van der Waals surface area contributed by atoms with Crippen molar-refractivity contribution in [2.45, 2.75) is 6.92 Å². The van der Waals surface area contributed by atoms with E-state index >= 15 is 0 Å². The van der Waals surface area contributed by atoms with Crippen LogP contribution in [-0.4, -0.2) is 15.0 Å². The molecule has 0 fully saturated rings. The standard InChI is InChI=1S/C10H11N5/c1-7-2-3-12-4-8(7)15-10-6-13-9(11)5-14-10/h2-6H,1H3,(H2,11,13)(H,14,15). The van der Waals surface area contributed by atoms with Gasteiger partial charge in [-0.15, -0.1) is 0 Å². The van der Waals surface area contributed by atoms with Gasteiger partial charge in [0, 0.05) is 6.20 Å². The van der Waals surface area contributed by atoms with Crippen molar-refractivity contribution in [1.29, 1.82) is 0 Å². The van der Waals surface area contributed by atoms with Crippen LogP contribution in [0.15, 0.2) is 30.9 Å². The first-order valence-electron chi connectivity index (χ1n) is 4.51. The highest BCUT2D eigenvalue weighted by molar-refractivity contribution is 5.58. The summed E-state index contributed by atoms with van der Waals surface area (Å²) in [7, 11) is 0. The van der Waals surface area contributed by atoms with Gasteiger partial charge in [-0.05, 0) is 18.6 Å². The van der Waals surface area contributed by atoms with Crippen LogP contribution in [0.3, 0.4) is 0 Å². The summed E-state index contributed by atoms with van der Waals surface area (Å²) in [5.74, 6) is 1.06. The monoisotopic (exact) mass is 201 g/mol. The van der Waals surface area contributed by atoms with Crippen LogP contribution in [0.5, 0.6) is 0 Å². The molecule has 2 heterocycles. The zero-order valence-electron chi connectivity index (χ0n) is 8.31. The number of aryl methyl sites for hydroxylation is 1. The van der Waals surface area contributed by atoms with Gasteiger partial charge in [0.1, 0.15) is 11.6 Å². The number of aromatic nitrogens is 3. The number of nitrogen functional groups attached to an aromatic ring is 1. The molecule has 0 aromatic carbocycles. The Kier molecular flexibility index (Phi) is 2.45. The van der Waals surface area contributed by atoms with Gasteiger partial charge >= 0.3 is 0 Å². The Hall–Kier alpha value is -2.17. The molecule has 0 saturated heterocycles. The fourth-order valence-electron chi connectivity index (χ4n) is 1.14. The first-order chi connectivity index (χ1) is 7.25. The lowest BCUT2D eigenvalue weighted by Gasteiger charge is -2.06. The highest BCUT2D eigenvalue weighted by Crippen LogP contribution is 2.16. The van der Waals surface area contributed by atoms with Crippen molar-refractivity contribution >= 4 is 17.3 Å². The van der Waals surface area contributed by atoms with E-state index in [0.29, 0.717) is 11.6 Å². The van der Waals surface area contributed by atoms with Gasteiger partial charge in [0.05, 0.1) is 24.3 Å². The molecule has 2 aromatic heterocycles. The number of rotatable bonds is 2. The summed E-state index contributed by atoms with van der Waals surface area (Å²) in [6, 6.07) is 1.92. The quantitative estimate of drug-likeness (QED) is 0.770. The maximum Gasteiger partial charge on any atom is 0.149 e. The Morgan fingerprint density at radius 2 is 2.07 bits per heavy atom. The highest BCUT2D eigenvalue weighted by Gasteiger charge is 1.99. The van der Waals surface area contributed by atoms with Crippen LogP contribution in [0, 0.1) is 6.92 Å². The maximum atomic E-state index is 5.44. The Labute approximate surface area is 87.4 Å². The molecule has 0 aliphatic carbocycles. The van der Waals surface area contributed by atoms with Crippen molar-refractivity contribution in [2.24, 2.45) is 0 Å². The average Bonchev–Trinajstić information content (AvgIpc) is 2.25. The summed E-state index contributed by atoms with van der Waals surface area (Å²) in [5, 5.41) is 3.11. The number of pyridine rings is 1. The van der Waals surface area contributed by atoms with Crippen LogP contribution in [0.1, 0.15) is 5.56 Å². The van der Waals surface area contributed by atoms with Gasteiger partial charge in [0.2, 0.25) is 0 Å². The molecule has 0 aliphatic rings. The van der Waals surface area contributed by atoms with E-state index in [1.807, 2.05) is 13.0 Å². The first-order valence-corrected chi connectivity index (χ1v) is 4.51. The van der Waals surface area contributed by atoms with Gasteiger partial charge in [0.25, 0.3) is 0 Å². The minimum Gasteiger partial charge on any atom is -0.382 e. The van der Waals surface area contributed by atoms with E-state index in [-0.39, 0.29) is 0 Å². The first kappa shape index (κ1) is 9.39. The van der Waals surface area contributed by atoms with Gasteiger partial charge in [0.15, 0.2) is 0 Å². The summed E-state index contributed by atoms with van der Waals surface area (Å²) in [5.41, 5.74) is 7.45. The Morgan fingerprint density at radius 3 is 2.73 bits per heavy atom. The molecule has 5 nitrogen and oxygen atoms in total. The van der Waals surface area contributed by atoms with Crippen molar-refractivity contribution in [3.05, 3.63) is 36.4 Å². The molecular weight excluding hydrogens is 190 g/mol. The zero-order valence-corrected chi connectivity index (χ0v) is 8.31. The Bertz CT molecular complexity index is 452. The summed E-state index contributed by atoms with van der Waals surface area (Å²) < 4.78 is 0. The second kappa shape index (κ2) is 3.91. The van der Waals surface area contributed by atoms with E-state index < -0.39 is 0 Å². The lowest BCUT2D eigenvalue weighted by molar-refractivity contribution is 1.19. The smallest absolute Gasteiger partial charge is 0.149 e. The molecule has 2 aromatic rings. The van der Waals surface area contributed by atoms with E-state index in [0.717, 1.165) is 11.3 Å². The SMILES string of the molecule is Cc1ccncc1Nc1cnc(N)cn1. The minimum atomic E-state index is 0.406. The van der Waals surface area contributed by atoms with Crippen molar-refractivity contribution in [1.82, 2.24) is 15.0 Å². The summed E-state index contributed by atoms with van der Waals surface area (Å²) >= 11 is 0. The zero-order chi connectivity index (χ0) is 10.7. The highest BCUT2D eigenvalue weighted by atomic mass is 15.0. The molecule has 3 N–H and O–H groups in total. The molecule has 0 unspecified atom stereocenters. The Morgan fingerprint density at radius 1 is 1.20 bits per heavy atom. The largest absolute Gasteiger partial charge is 0.382 e. The van der Waals surface area contributed by atoms with Crippen LogP contribution >= 0.6 is 0 Å². The number of anilines is 3. The minimum absolute atomic E-state index is 0.406. The van der Waals surface area contributed by atoms with Gasteiger partial charge in [-0.3, -0.25) is 4.98 Å². The summed E-state index contributed by atoms with van der Waals surface area (Å²) in [6.07, 6.45) is 6.58. The van der Waals surface area contributed by atoms with E-state index in [9.17, 15) is 0 Å². The second-order valence-electron chi connectivity index (χ2n) is 3.14. The number of nitrogens with two attached hydrogens (primary N) is 1. The molecule has 0 radical (unpaired) electrons. The van der Waals surface area contributed by atoms with Gasteiger partial charge in [-0.1, -0.05) is 0 Å². The number of nitrogens with zero attached hydrogens (tertiary/aromatic N) is 3. The molecule has 76 valence electrons. The van der Waals surface area contributed by atoms with Crippen molar-refractivity contribution in [3.8, 4) is 0 Å². The molecule has 2 rings (SSSR count). The van der Waals surface area contributed by atoms with E-state index in [1.165, 1.54) is 6.20 Å². The topological polar surface area (TPSA) is 76.7 Å². The maximum absolute atomic E-state index is 5.44. The van der Waals surface area contributed by atoms with E-state index in [1.54, 1.807) is 18.6 Å². The van der Waals surface area contributed by atoms with Gasteiger partial charge in [-0.25, -0.2) is 9.97 Å². The molecule has 0 saturated carbocycles. The van der Waals surface area contributed by atoms with E-state index in [4.69, 9.17) is 5.73 Å². The molecule has 5 heteroatoms. The van der Waals surface area contributed by atoms with Gasteiger partial charge in [-0.2, -0.15) is 0 Å². The molecule has 0 amide bonds. The third kappa shape index (κ3) is 2.19. The van der Waals surface area contributed by atoms with Crippen LogP contribution in [0.4, 0.5) is 17.3 Å². The van der Waals surface area contributed by atoms with Crippen LogP contribution in [0.2, 0.25) is 0 Å². The average molecular weight is 201 g/mol. The second-order valence-corrected chi connectivity index (χ2v) is 3.14. The van der Waals surface area contributed by atoms with Crippen molar-refractivity contribution < 1.29 is 0 Å². The molecule has 15 heavy (non-hydrogen) atoms. The van der Waals surface area contributed by atoms with Crippen molar-refractivity contribution in [2.75, 3.05) is 11.1 Å². The fourth-order valence-corrected chi connectivity index (χ4v) is 1.14. The normalized spacial score (nSPS) is 9.93. The van der Waals surface area contributed by atoms with Crippen LogP contribution in [-0.2, 0) is 0 Å². The number of hydrogen-bond donors (Lipinski definition) is 2. The molecule has 0 spiro atoms. The summed E-state index contributed by atoms with van der Waals surface area (Å²) in [4.78, 5) is 12.0. The summed E-state index contributed by atoms with van der Waals surface area (Å²) in [6.45, 7) is 1.99. The third-order valence-electron chi connectivity index (χ3n) is 1.97. The predicted molar refractivity (Wildman–Crippen MR) is 58.7 cm³/mol. The Balaban J connectivity index is 2.22. The predicted octanol–water partition coefficient (Wildman–Crippen LogP) is 1.51.